The van der Waals surface area contributed by atoms with E-state index in [1.807, 2.05) is 31.2 Å². The van der Waals surface area contributed by atoms with Gasteiger partial charge in [0.15, 0.2) is 0 Å². The minimum atomic E-state index is 0.0255. The van der Waals surface area contributed by atoms with E-state index in [1.165, 1.54) is 0 Å². The van der Waals surface area contributed by atoms with E-state index in [-0.39, 0.29) is 6.10 Å². The smallest absolute Gasteiger partial charge is 0.298 e. The number of fused-ring (bicyclic) bond motifs is 1. The molecule has 5 nitrogen and oxygen atoms in total. The highest BCUT2D eigenvalue weighted by atomic mass is 79.9. The molecule has 0 unspecified atom stereocenters. The number of hydrogen-bond acceptors (Lipinski definition) is 4. The zero-order chi connectivity index (χ0) is 14.8. The van der Waals surface area contributed by atoms with Crippen LogP contribution < -0.4 is 9.47 Å². The molecule has 21 heavy (non-hydrogen) atoms. The molecule has 0 amide bonds. The van der Waals surface area contributed by atoms with Crippen LogP contribution in [0, 0.1) is 6.92 Å². The SMILES string of the molecule is COc1ccc(COC[C@@H]2Cn3c(nc(Br)c3C)O2)cc1. The molecule has 0 N–H and O–H groups in total. The number of rotatable bonds is 5. The van der Waals surface area contributed by atoms with Crippen LogP contribution >= 0.6 is 15.9 Å². The maximum Gasteiger partial charge on any atom is 0.298 e. The van der Waals surface area contributed by atoms with Gasteiger partial charge in [-0.3, -0.25) is 4.57 Å². The van der Waals surface area contributed by atoms with Crippen molar-refractivity contribution in [3.05, 3.63) is 40.1 Å². The molecule has 1 aliphatic heterocycles. The number of hydrogen-bond donors (Lipinski definition) is 0. The van der Waals surface area contributed by atoms with Crippen LogP contribution in [0.25, 0.3) is 0 Å². The van der Waals surface area contributed by atoms with Crippen molar-refractivity contribution in [2.24, 2.45) is 0 Å². The third-order valence-electron chi connectivity index (χ3n) is 3.52. The lowest BCUT2D eigenvalue weighted by atomic mass is 10.2. The summed E-state index contributed by atoms with van der Waals surface area (Å²) in [4.78, 5) is 4.31. The summed E-state index contributed by atoms with van der Waals surface area (Å²) in [7, 11) is 1.66. The fourth-order valence-electron chi connectivity index (χ4n) is 2.29. The lowest BCUT2D eigenvalue weighted by Crippen LogP contribution is -2.22. The Morgan fingerprint density at radius 2 is 2.14 bits per heavy atom. The first-order valence-electron chi connectivity index (χ1n) is 6.77. The second-order valence-electron chi connectivity index (χ2n) is 4.98. The van der Waals surface area contributed by atoms with Crippen molar-refractivity contribution in [2.75, 3.05) is 13.7 Å². The van der Waals surface area contributed by atoms with Gasteiger partial charge in [-0.2, -0.15) is 4.98 Å². The molecule has 1 aromatic heterocycles. The van der Waals surface area contributed by atoms with E-state index in [4.69, 9.17) is 14.2 Å². The van der Waals surface area contributed by atoms with E-state index in [1.54, 1.807) is 7.11 Å². The Bertz CT molecular complexity index is 625. The summed E-state index contributed by atoms with van der Waals surface area (Å²) < 4.78 is 19.5. The maximum absolute atomic E-state index is 5.76. The largest absolute Gasteiger partial charge is 0.497 e. The second-order valence-corrected chi connectivity index (χ2v) is 5.74. The Morgan fingerprint density at radius 1 is 1.38 bits per heavy atom. The maximum atomic E-state index is 5.76. The Morgan fingerprint density at radius 3 is 2.81 bits per heavy atom. The first-order valence-corrected chi connectivity index (χ1v) is 7.56. The normalized spacial score (nSPS) is 16.6. The number of halogens is 1. The van der Waals surface area contributed by atoms with Crippen LogP contribution in [0.15, 0.2) is 28.9 Å². The van der Waals surface area contributed by atoms with E-state index >= 15 is 0 Å². The first-order chi connectivity index (χ1) is 10.2. The molecular formula is C15H17BrN2O3. The summed E-state index contributed by atoms with van der Waals surface area (Å²) in [5, 5.41) is 0. The average Bonchev–Trinajstić information content (AvgIpc) is 3.00. The van der Waals surface area contributed by atoms with Crippen LogP contribution in [0.4, 0.5) is 0 Å². The standard InChI is InChI=1S/C15H17BrN2O3/c1-10-14(16)17-15-18(10)7-13(21-15)9-20-8-11-3-5-12(19-2)6-4-11/h3-6,13H,7-9H2,1-2H3/t13-/m0/s1. The van der Waals surface area contributed by atoms with Gasteiger partial charge in [0, 0.05) is 0 Å². The van der Waals surface area contributed by atoms with Crippen molar-refractivity contribution < 1.29 is 14.2 Å². The summed E-state index contributed by atoms with van der Waals surface area (Å²) in [6.07, 6.45) is 0.0255. The van der Waals surface area contributed by atoms with Gasteiger partial charge in [0.05, 0.1) is 32.6 Å². The van der Waals surface area contributed by atoms with Gasteiger partial charge in [-0.1, -0.05) is 12.1 Å². The van der Waals surface area contributed by atoms with Crippen LogP contribution in [0.1, 0.15) is 11.3 Å². The van der Waals surface area contributed by atoms with Gasteiger partial charge in [-0.15, -0.1) is 0 Å². The highest BCUT2D eigenvalue weighted by molar-refractivity contribution is 9.10. The van der Waals surface area contributed by atoms with E-state index in [0.717, 1.165) is 28.2 Å². The summed E-state index contributed by atoms with van der Waals surface area (Å²) in [6.45, 7) is 3.91. The van der Waals surface area contributed by atoms with Crippen LogP contribution in [0.2, 0.25) is 0 Å². The molecule has 2 aromatic rings. The summed E-state index contributed by atoms with van der Waals surface area (Å²) in [5.74, 6) is 0.851. The molecule has 2 heterocycles. The number of imidazole rings is 1. The molecule has 3 rings (SSSR count). The molecule has 0 radical (unpaired) electrons. The van der Waals surface area contributed by atoms with Crippen molar-refractivity contribution in [2.45, 2.75) is 26.2 Å². The van der Waals surface area contributed by atoms with E-state index < -0.39 is 0 Å². The summed E-state index contributed by atoms with van der Waals surface area (Å²) >= 11 is 3.40. The quantitative estimate of drug-likeness (QED) is 0.829. The van der Waals surface area contributed by atoms with Crippen molar-refractivity contribution in [3.8, 4) is 11.8 Å². The molecule has 0 spiro atoms. The minimum absolute atomic E-state index is 0.0255. The zero-order valence-corrected chi connectivity index (χ0v) is 13.6. The molecule has 0 bridgehead atoms. The molecule has 112 valence electrons. The van der Waals surface area contributed by atoms with Crippen molar-refractivity contribution in [1.29, 1.82) is 0 Å². The predicted molar refractivity (Wildman–Crippen MR) is 81.7 cm³/mol. The Labute approximate surface area is 132 Å². The van der Waals surface area contributed by atoms with Gasteiger partial charge in [-0.25, -0.2) is 0 Å². The van der Waals surface area contributed by atoms with Crippen LogP contribution in [-0.4, -0.2) is 29.4 Å². The third kappa shape index (κ3) is 3.06. The molecule has 1 aromatic carbocycles. The van der Waals surface area contributed by atoms with Crippen LogP contribution in [0.5, 0.6) is 11.8 Å². The van der Waals surface area contributed by atoms with E-state index in [0.29, 0.717) is 19.2 Å². The van der Waals surface area contributed by atoms with Gasteiger partial charge < -0.3 is 14.2 Å². The van der Waals surface area contributed by atoms with Gasteiger partial charge in [0.25, 0.3) is 6.01 Å². The van der Waals surface area contributed by atoms with Gasteiger partial charge in [0.2, 0.25) is 0 Å². The van der Waals surface area contributed by atoms with Crippen molar-refractivity contribution >= 4 is 15.9 Å². The van der Waals surface area contributed by atoms with Crippen molar-refractivity contribution in [1.82, 2.24) is 9.55 Å². The molecule has 0 aliphatic carbocycles. The molecule has 1 aliphatic rings. The number of methoxy groups -OCH3 is 1. The second kappa shape index (κ2) is 6.07. The zero-order valence-electron chi connectivity index (χ0n) is 12.0. The fraction of sp³-hybridized carbons (Fsp3) is 0.400. The number of benzene rings is 1. The van der Waals surface area contributed by atoms with E-state index in [9.17, 15) is 0 Å². The highest BCUT2D eigenvalue weighted by Crippen LogP contribution is 2.28. The monoisotopic (exact) mass is 352 g/mol. The Balaban J connectivity index is 1.48. The molecule has 0 saturated heterocycles. The summed E-state index contributed by atoms with van der Waals surface area (Å²) in [6, 6.07) is 8.53. The molecule has 0 fully saturated rings. The van der Waals surface area contributed by atoms with Gasteiger partial charge in [0.1, 0.15) is 16.5 Å². The molecule has 1 atom stereocenters. The van der Waals surface area contributed by atoms with E-state index in [2.05, 4.69) is 25.5 Å². The first kappa shape index (κ1) is 14.4. The number of aromatic nitrogens is 2. The minimum Gasteiger partial charge on any atom is -0.497 e. The fourth-order valence-corrected chi connectivity index (χ4v) is 2.66. The number of nitrogens with zero attached hydrogens (tertiary/aromatic N) is 2. The summed E-state index contributed by atoms with van der Waals surface area (Å²) in [5.41, 5.74) is 2.20. The lowest BCUT2D eigenvalue weighted by Gasteiger charge is -2.11. The lowest BCUT2D eigenvalue weighted by molar-refractivity contribution is 0.0484. The molecule has 0 saturated carbocycles. The Kier molecular flexibility index (Phi) is 4.17. The average molecular weight is 353 g/mol. The van der Waals surface area contributed by atoms with Gasteiger partial charge >= 0.3 is 0 Å². The topological polar surface area (TPSA) is 45.5 Å². The highest BCUT2D eigenvalue weighted by Gasteiger charge is 2.27. The predicted octanol–water partition coefficient (Wildman–Crippen LogP) is 2.94. The van der Waals surface area contributed by atoms with Crippen LogP contribution in [0.3, 0.4) is 0 Å². The molecular weight excluding hydrogens is 336 g/mol. The van der Waals surface area contributed by atoms with Gasteiger partial charge in [-0.05, 0) is 40.5 Å². The van der Waals surface area contributed by atoms with Crippen LogP contribution in [-0.2, 0) is 17.9 Å². The third-order valence-corrected chi connectivity index (χ3v) is 4.27. The van der Waals surface area contributed by atoms with Crippen molar-refractivity contribution in [3.63, 3.8) is 0 Å². The molecule has 6 heteroatoms. The number of ether oxygens (including phenoxy) is 3. The Hall–Kier alpha value is -1.53.